The quantitative estimate of drug-likeness (QED) is 0.526. The molecule has 1 aliphatic heterocycles. The Balaban J connectivity index is 0.00000150. The number of aliphatic imine (C=N–C) groups is 1. The van der Waals surface area contributed by atoms with Crippen LogP contribution < -0.4 is 16.4 Å². The van der Waals surface area contributed by atoms with Gasteiger partial charge in [-0.05, 0) is 43.2 Å². The summed E-state index contributed by atoms with van der Waals surface area (Å²) in [6.45, 7) is 0.428. The second-order valence-corrected chi connectivity index (χ2v) is 7.63. The number of para-hydroxylation sites is 1. The number of nitrogens with two attached hydrogens (primary N) is 1. The van der Waals surface area contributed by atoms with Crippen LogP contribution in [-0.2, 0) is 5.79 Å². The Labute approximate surface area is 189 Å². The Kier molecular flexibility index (Phi) is 8.61. The molecular weight excluding hydrogens is 429 g/mol. The van der Waals surface area contributed by atoms with Crippen LogP contribution in [0.15, 0.2) is 53.5 Å². The highest BCUT2D eigenvalue weighted by Gasteiger charge is 2.44. The fourth-order valence-corrected chi connectivity index (χ4v) is 4.38. The lowest BCUT2D eigenvalue weighted by Crippen LogP contribution is -2.58. The normalized spacial score (nSPS) is 20.8. The number of benzene rings is 2. The fourth-order valence-electron chi connectivity index (χ4n) is 4.25. The van der Waals surface area contributed by atoms with Crippen molar-refractivity contribution in [3.63, 3.8) is 0 Å². The molecule has 29 heavy (non-hydrogen) atoms. The minimum atomic E-state index is -0.744. The van der Waals surface area contributed by atoms with Crippen molar-refractivity contribution in [3.05, 3.63) is 59.1 Å². The lowest BCUT2D eigenvalue weighted by atomic mass is 9.91. The van der Waals surface area contributed by atoms with Crippen LogP contribution in [0.5, 0.6) is 0 Å². The zero-order valence-corrected chi connectivity index (χ0v) is 18.6. The smallest absolute Gasteiger partial charge is 0.219 e. The summed E-state index contributed by atoms with van der Waals surface area (Å²) in [5.74, 6) is -0.744. The molecule has 158 valence electrons. The van der Waals surface area contributed by atoms with Crippen LogP contribution in [0.3, 0.4) is 0 Å². The van der Waals surface area contributed by atoms with E-state index in [1.54, 1.807) is 6.34 Å². The van der Waals surface area contributed by atoms with E-state index in [0.717, 1.165) is 29.8 Å². The van der Waals surface area contributed by atoms with Gasteiger partial charge in [-0.2, -0.15) is 0 Å². The first-order chi connectivity index (χ1) is 13.2. The highest BCUT2D eigenvalue weighted by Crippen LogP contribution is 2.41. The molecule has 0 aromatic heterocycles. The maximum Gasteiger partial charge on any atom is 0.219 e. The summed E-state index contributed by atoms with van der Waals surface area (Å²) in [5, 5.41) is 7.66. The summed E-state index contributed by atoms with van der Waals surface area (Å²) in [4.78, 5) is 7.25. The van der Waals surface area contributed by atoms with Crippen molar-refractivity contribution >= 4 is 54.1 Å². The number of nitrogens with zero attached hydrogens (tertiary/aromatic N) is 2. The van der Waals surface area contributed by atoms with Crippen LogP contribution >= 0.6 is 36.4 Å². The SMILES string of the molecule is Cl.Cl.NCN(C1CCCCC1)C1(Nc2ccc(Cl)cc2)N=CNc2ccccc21. The first-order valence-electron chi connectivity index (χ1n) is 9.63. The van der Waals surface area contributed by atoms with Crippen LogP contribution in [0.25, 0.3) is 0 Å². The summed E-state index contributed by atoms with van der Waals surface area (Å²) in [6.07, 6.45) is 7.84. The van der Waals surface area contributed by atoms with Gasteiger partial charge in [-0.1, -0.05) is 49.1 Å². The maximum absolute atomic E-state index is 6.33. The van der Waals surface area contributed by atoms with Crippen molar-refractivity contribution in [1.82, 2.24) is 4.90 Å². The molecule has 5 nitrogen and oxygen atoms in total. The van der Waals surface area contributed by atoms with Gasteiger partial charge < -0.3 is 16.4 Å². The number of hydrogen-bond donors (Lipinski definition) is 3. The third kappa shape index (κ3) is 4.81. The Bertz CT molecular complexity index is 808. The molecule has 1 saturated carbocycles. The van der Waals surface area contributed by atoms with Gasteiger partial charge in [0.25, 0.3) is 0 Å². The van der Waals surface area contributed by atoms with E-state index in [4.69, 9.17) is 22.3 Å². The summed E-state index contributed by atoms with van der Waals surface area (Å²) in [6, 6.07) is 16.4. The molecule has 1 atom stereocenters. The van der Waals surface area contributed by atoms with Gasteiger partial charge in [0.05, 0.1) is 13.0 Å². The number of hydrogen-bond acceptors (Lipinski definition) is 5. The molecule has 2 aromatic rings. The van der Waals surface area contributed by atoms with Crippen molar-refractivity contribution in [2.75, 3.05) is 17.3 Å². The second kappa shape index (κ2) is 10.5. The third-order valence-electron chi connectivity index (χ3n) is 5.56. The number of nitrogens with one attached hydrogen (secondary N) is 2. The first kappa shape index (κ1) is 23.8. The Hall–Kier alpha value is -1.50. The van der Waals surface area contributed by atoms with Gasteiger partial charge in [-0.15, -0.1) is 24.8 Å². The van der Waals surface area contributed by atoms with Gasteiger partial charge in [-0.25, -0.2) is 9.89 Å². The third-order valence-corrected chi connectivity index (χ3v) is 5.82. The van der Waals surface area contributed by atoms with Crippen LogP contribution in [0.4, 0.5) is 11.4 Å². The summed E-state index contributed by atoms with van der Waals surface area (Å²) in [7, 11) is 0. The largest absolute Gasteiger partial charge is 0.346 e. The molecule has 0 radical (unpaired) electrons. The van der Waals surface area contributed by atoms with Gasteiger partial charge in [-0.3, -0.25) is 0 Å². The van der Waals surface area contributed by atoms with Crippen LogP contribution in [0.1, 0.15) is 37.7 Å². The van der Waals surface area contributed by atoms with Crippen molar-refractivity contribution in [2.45, 2.75) is 43.9 Å². The van der Waals surface area contributed by atoms with Crippen LogP contribution in [-0.4, -0.2) is 23.9 Å². The monoisotopic (exact) mass is 455 g/mol. The number of anilines is 2. The topological polar surface area (TPSA) is 65.7 Å². The molecule has 1 unspecified atom stereocenters. The molecule has 0 saturated heterocycles. The zero-order valence-electron chi connectivity index (χ0n) is 16.2. The predicted molar refractivity (Wildman–Crippen MR) is 128 cm³/mol. The summed E-state index contributed by atoms with van der Waals surface area (Å²) >= 11 is 6.08. The fraction of sp³-hybridized carbons (Fsp3) is 0.381. The molecule has 8 heteroatoms. The highest BCUT2D eigenvalue weighted by molar-refractivity contribution is 6.30. The average Bonchev–Trinajstić information content (AvgIpc) is 2.71. The molecule has 2 aromatic carbocycles. The molecule has 0 spiro atoms. The minimum absolute atomic E-state index is 0. The van der Waals surface area contributed by atoms with E-state index >= 15 is 0 Å². The molecule has 1 aliphatic carbocycles. The van der Waals surface area contributed by atoms with Crippen molar-refractivity contribution < 1.29 is 0 Å². The maximum atomic E-state index is 6.33. The van der Waals surface area contributed by atoms with E-state index in [2.05, 4.69) is 33.7 Å². The molecule has 1 heterocycles. The summed E-state index contributed by atoms with van der Waals surface area (Å²) in [5.41, 5.74) is 9.41. The molecule has 2 aliphatic rings. The first-order valence-corrected chi connectivity index (χ1v) is 10.0. The van der Waals surface area contributed by atoms with Gasteiger partial charge in [0.15, 0.2) is 0 Å². The minimum Gasteiger partial charge on any atom is -0.346 e. The lowest BCUT2D eigenvalue weighted by Gasteiger charge is -2.48. The Morgan fingerprint density at radius 3 is 2.45 bits per heavy atom. The number of fused-ring (bicyclic) bond motifs is 1. The highest BCUT2D eigenvalue weighted by atomic mass is 35.5. The van der Waals surface area contributed by atoms with Crippen LogP contribution in [0.2, 0.25) is 5.02 Å². The van der Waals surface area contributed by atoms with Gasteiger partial charge >= 0.3 is 0 Å². The molecule has 0 bridgehead atoms. The molecule has 4 rings (SSSR count). The zero-order chi connectivity index (χ0) is 18.7. The van der Waals surface area contributed by atoms with Gasteiger partial charge in [0.1, 0.15) is 0 Å². The molecule has 4 N–H and O–H groups in total. The van der Waals surface area contributed by atoms with Crippen molar-refractivity contribution in [2.24, 2.45) is 10.7 Å². The molecular formula is C21H28Cl3N5. The van der Waals surface area contributed by atoms with Crippen LogP contribution in [0, 0.1) is 0 Å². The van der Waals surface area contributed by atoms with E-state index in [-0.39, 0.29) is 24.8 Å². The van der Waals surface area contributed by atoms with E-state index < -0.39 is 5.79 Å². The van der Waals surface area contributed by atoms with E-state index in [1.165, 1.54) is 19.3 Å². The van der Waals surface area contributed by atoms with E-state index in [1.807, 2.05) is 30.3 Å². The van der Waals surface area contributed by atoms with E-state index in [0.29, 0.717) is 17.7 Å². The van der Waals surface area contributed by atoms with Gasteiger partial charge in [0.2, 0.25) is 5.79 Å². The Morgan fingerprint density at radius 2 is 1.76 bits per heavy atom. The standard InChI is InChI=1S/C21H26ClN5.2ClH/c22-16-10-12-17(13-11-16)26-21(27(14-23)18-6-2-1-3-7-18)19-8-4-5-9-20(19)24-15-25-21;;/h4-5,8-13,15,18,26H,1-3,6-7,14,23H2,(H,24,25);2*1H. The number of rotatable bonds is 5. The lowest BCUT2D eigenvalue weighted by molar-refractivity contribution is 0.0488. The predicted octanol–water partition coefficient (Wildman–Crippen LogP) is 5.41. The second-order valence-electron chi connectivity index (χ2n) is 7.20. The number of halogens is 3. The van der Waals surface area contributed by atoms with Gasteiger partial charge in [0, 0.05) is 28.0 Å². The van der Waals surface area contributed by atoms with Crippen molar-refractivity contribution in [1.29, 1.82) is 0 Å². The van der Waals surface area contributed by atoms with Crippen molar-refractivity contribution in [3.8, 4) is 0 Å². The summed E-state index contributed by atoms with van der Waals surface area (Å²) < 4.78 is 0. The molecule has 0 amide bonds. The van der Waals surface area contributed by atoms with E-state index in [9.17, 15) is 0 Å². The molecule has 1 fully saturated rings. The average molecular weight is 457 g/mol. The Morgan fingerprint density at radius 1 is 1.07 bits per heavy atom.